The third-order valence-corrected chi connectivity index (χ3v) is 4.95. The molecule has 1 aliphatic heterocycles. The maximum atomic E-state index is 5.52. The van der Waals surface area contributed by atoms with E-state index in [-0.39, 0.29) is 0 Å². The predicted octanol–water partition coefficient (Wildman–Crippen LogP) is 3.28. The second-order valence-corrected chi connectivity index (χ2v) is 6.76. The van der Waals surface area contributed by atoms with Gasteiger partial charge in [0, 0.05) is 24.7 Å². The fraction of sp³-hybridized carbons (Fsp3) is 0.350. The fourth-order valence-corrected chi connectivity index (χ4v) is 3.69. The summed E-state index contributed by atoms with van der Waals surface area (Å²) < 4.78 is 7.35. The predicted molar refractivity (Wildman–Crippen MR) is 101 cm³/mol. The quantitative estimate of drug-likeness (QED) is 0.723. The van der Waals surface area contributed by atoms with E-state index in [4.69, 9.17) is 4.74 Å². The number of hydrogen-bond acceptors (Lipinski definition) is 5. The Labute approximate surface area is 153 Å². The van der Waals surface area contributed by atoms with Gasteiger partial charge in [0.15, 0.2) is 11.6 Å². The highest BCUT2D eigenvalue weighted by Gasteiger charge is 2.27. The van der Waals surface area contributed by atoms with Crippen molar-refractivity contribution in [1.29, 1.82) is 0 Å². The van der Waals surface area contributed by atoms with Crippen LogP contribution in [0.1, 0.15) is 29.3 Å². The van der Waals surface area contributed by atoms with Gasteiger partial charge in [0.25, 0.3) is 0 Å². The maximum absolute atomic E-state index is 5.52. The van der Waals surface area contributed by atoms with E-state index in [1.807, 2.05) is 48.9 Å². The average molecular weight is 349 g/mol. The summed E-state index contributed by atoms with van der Waals surface area (Å²) in [6, 6.07) is 14.3. The van der Waals surface area contributed by atoms with Gasteiger partial charge >= 0.3 is 0 Å². The monoisotopic (exact) mass is 349 g/mol. The summed E-state index contributed by atoms with van der Waals surface area (Å²) >= 11 is 0. The largest absolute Gasteiger partial charge is 0.496 e. The number of ether oxygens (including phenoxy) is 1. The third kappa shape index (κ3) is 3.03. The van der Waals surface area contributed by atoms with Gasteiger partial charge in [-0.15, -0.1) is 10.2 Å². The molecule has 0 radical (unpaired) electrons. The van der Waals surface area contributed by atoms with Crippen LogP contribution in [0.5, 0.6) is 5.75 Å². The molecule has 0 spiro atoms. The Hall–Kier alpha value is -2.89. The highest BCUT2D eigenvalue weighted by Crippen LogP contribution is 2.34. The highest BCUT2D eigenvalue weighted by molar-refractivity contribution is 5.45. The van der Waals surface area contributed by atoms with E-state index < -0.39 is 0 Å². The summed E-state index contributed by atoms with van der Waals surface area (Å²) in [6.07, 6.45) is 1.08. The van der Waals surface area contributed by atoms with Gasteiger partial charge in [-0.1, -0.05) is 18.2 Å². The van der Waals surface area contributed by atoms with Crippen molar-refractivity contribution in [3.05, 3.63) is 59.4 Å². The summed E-state index contributed by atoms with van der Waals surface area (Å²) in [5, 5.41) is 13.3. The number of rotatable bonds is 4. The third-order valence-electron chi connectivity index (χ3n) is 4.95. The first-order valence-corrected chi connectivity index (χ1v) is 8.91. The number of anilines is 1. The number of hydrogen-bond donors (Lipinski definition) is 0. The molecule has 0 saturated carbocycles. The van der Waals surface area contributed by atoms with Crippen LogP contribution in [0.25, 0.3) is 5.82 Å². The van der Waals surface area contributed by atoms with E-state index in [9.17, 15) is 0 Å². The molecule has 134 valence electrons. The zero-order valence-corrected chi connectivity index (χ0v) is 15.4. The molecule has 6 nitrogen and oxygen atoms in total. The van der Waals surface area contributed by atoms with Crippen LogP contribution < -0.4 is 9.64 Å². The Bertz CT molecular complexity index is 903. The summed E-state index contributed by atoms with van der Waals surface area (Å²) in [5.41, 5.74) is 3.30. The summed E-state index contributed by atoms with van der Waals surface area (Å²) in [5.74, 6) is 3.07. The molecule has 3 heterocycles. The van der Waals surface area contributed by atoms with Crippen LogP contribution in [-0.2, 0) is 0 Å². The number of aromatic nitrogens is 4. The molecule has 1 saturated heterocycles. The van der Waals surface area contributed by atoms with Crippen LogP contribution in [0, 0.1) is 13.8 Å². The van der Waals surface area contributed by atoms with E-state index in [2.05, 4.69) is 32.3 Å². The van der Waals surface area contributed by atoms with Crippen LogP contribution in [0.15, 0.2) is 42.5 Å². The van der Waals surface area contributed by atoms with Gasteiger partial charge in [0.2, 0.25) is 0 Å². The van der Waals surface area contributed by atoms with Gasteiger partial charge < -0.3 is 9.64 Å². The zero-order valence-electron chi connectivity index (χ0n) is 15.4. The molecule has 6 heteroatoms. The molecule has 2 aromatic heterocycles. The molecule has 4 rings (SSSR count). The minimum Gasteiger partial charge on any atom is -0.496 e. The SMILES string of the molecule is COc1ccccc1C1CCN(c2ccc(-n3nc(C)cc3C)nn2)C1. The van der Waals surface area contributed by atoms with Gasteiger partial charge in [0.1, 0.15) is 5.75 Å². The van der Waals surface area contributed by atoms with Crippen molar-refractivity contribution in [3.63, 3.8) is 0 Å². The Balaban J connectivity index is 1.51. The highest BCUT2D eigenvalue weighted by atomic mass is 16.5. The molecule has 1 aliphatic rings. The normalized spacial score (nSPS) is 16.9. The molecule has 26 heavy (non-hydrogen) atoms. The second kappa shape index (κ2) is 6.78. The lowest BCUT2D eigenvalue weighted by Crippen LogP contribution is -2.21. The average Bonchev–Trinajstić information content (AvgIpc) is 3.28. The van der Waals surface area contributed by atoms with Crippen LogP contribution in [0.2, 0.25) is 0 Å². The molecule has 1 aromatic carbocycles. The van der Waals surface area contributed by atoms with E-state index in [0.29, 0.717) is 5.92 Å². The van der Waals surface area contributed by atoms with Gasteiger partial charge in [-0.25, -0.2) is 4.68 Å². The topological polar surface area (TPSA) is 56.1 Å². The number of methoxy groups -OCH3 is 1. The lowest BCUT2D eigenvalue weighted by atomic mass is 9.97. The lowest BCUT2D eigenvalue weighted by Gasteiger charge is -2.18. The Morgan fingerprint density at radius 1 is 1.04 bits per heavy atom. The standard InChI is InChI=1S/C20H23N5O/c1-14-12-15(2)25(23-14)20-9-8-19(21-22-20)24-11-10-16(13-24)17-6-4-5-7-18(17)26-3/h4-9,12,16H,10-11,13H2,1-3H3. The molecule has 1 fully saturated rings. The van der Waals surface area contributed by atoms with Crippen molar-refractivity contribution in [3.8, 4) is 11.6 Å². The fourth-order valence-electron chi connectivity index (χ4n) is 3.69. The first-order valence-electron chi connectivity index (χ1n) is 8.91. The van der Waals surface area contributed by atoms with Crippen molar-refractivity contribution < 1.29 is 4.74 Å². The van der Waals surface area contributed by atoms with Crippen LogP contribution in [0.3, 0.4) is 0 Å². The van der Waals surface area contributed by atoms with Gasteiger partial charge in [-0.2, -0.15) is 5.10 Å². The van der Waals surface area contributed by atoms with E-state index in [1.165, 1.54) is 5.56 Å². The van der Waals surface area contributed by atoms with Crippen LogP contribution in [-0.4, -0.2) is 40.2 Å². The molecule has 0 N–H and O–H groups in total. The first kappa shape index (κ1) is 16.6. The number of para-hydroxylation sites is 1. The molecule has 0 bridgehead atoms. The van der Waals surface area contributed by atoms with Gasteiger partial charge in [0.05, 0.1) is 12.8 Å². The molecule has 0 amide bonds. The summed E-state index contributed by atoms with van der Waals surface area (Å²) in [6.45, 7) is 5.90. The Kier molecular flexibility index (Phi) is 4.32. The lowest BCUT2D eigenvalue weighted by molar-refractivity contribution is 0.406. The molecular weight excluding hydrogens is 326 g/mol. The van der Waals surface area contributed by atoms with Crippen molar-refractivity contribution in [2.24, 2.45) is 0 Å². The maximum Gasteiger partial charge on any atom is 0.176 e. The number of aryl methyl sites for hydroxylation is 2. The molecule has 1 unspecified atom stereocenters. The van der Waals surface area contributed by atoms with Crippen molar-refractivity contribution in [2.75, 3.05) is 25.1 Å². The molecule has 3 aromatic rings. The van der Waals surface area contributed by atoms with Gasteiger partial charge in [-0.3, -0.25) is 0 Å². The van der Waals surface area contributed by atoms with Crippen molar-refractivity contribution in [2.45, 2.75) is 26.2 Å². The van der Waals surface area contributed by atoms with Crippen LogP contribution >= 0.6 is 0 Å². The van der Waals surface area contributed by atoms with E-state index in [1.54, 1.807) is 7.11 Å². The smallest absolute Gasteiger partial charge is 0.176 e. The van der Waals surface area contributed by atoms with E-state index >= 15 is 0 Å². The minimum absolute atomic E-state index is 0.448. The minimum atomic E-state index is 0.448. The van der Waals surface area contributed by atoms with Crippen LogP contribution in [0.4, 0.5) is 5.82 Å². The zero-order chi connectivity index (χ0) is 18.1. The van der Waals surface area contributed by atoms with Gasteiger partial charge in [-0.05, 0) is 50.1 Å². The summed E-state index contributed by atoms with van der Waals surface area (Å²) in [4.78, 5) is 2.29. The first-order chi connectivity index (χ1) is 12.7. The van der Waals surface area contributed by atoms with E-state index in [0.717, 1.165) is 48.3 Å². The Morgan fingerprint density at radius 2 is 1.81 bits per heavy atom. The summed E-state index contributed by atoms with van der Waals surface area (Å²) in [7, 11) is 1.73. The molecule has 0 aliphatic carbocycles. The van der Waals surface area contributed by atoms with Crippen molar-refractivity contribution in [1.82, 2.24) is 20.0 Å². The molecule has 1 atom stereocenters. The molecular formula is C20H23N5O. The number of nitrogens with zero attached hydrogens (tertiary/aromatic N) is 5. The number of benzene rings is 1. The second-order valence-electron chi connectivity index (χ2n) is 6.76. The van der Waals surface area contributed by atoms with Crippen molar-refractivity contribution >= 4 is 5.82 Å². The Morgan fingerprint density at radius 3 is 2.50 bits per heavy atom.